The van der Waals surface area contributed by atoms with E-state index >= 15 is 0 Å². The highest BCUT2D eigenvalue weighted by molar-refractivity contribution is 7.09. The van der Waals surface area contributed by atoms with Crippen LogP contribution in [0.25, 0.3) is 10.8 Å². The summed E-state index contributed by atoms with van der Waals surface area (Å²) in [7, 11) is 6.72. The van der Waals surface area contributed by atoms with Crippen molar-refractivity contribution in [2.45, 2.75) is 50.7 Å². The third-order valence-corrected chi connectivity index (χ3v) is 7.57. The van der Waals surface area contributed by atoms with Crippen molar-refractivity contribution in [2.24, 2.45) is 5.73 Å². The molecule has 0 fully saturated rings. The molecule has 3 aromatic rings. The highest BCUT2D eigenvalue weighted by Crippen LogP contribution is 2.21. The zero-order valence-corrected chi connectivity index (χ0v) is 25.1. The van der Waals surface area contributed by atoms with Crippen LogP contribution in [0, 0.1) is 0 Å². The van der Waals surface area contributed by atoms with Crippen molar-refractivity contribution < 1.29 is 14.4 Å². The van der Waals surface area contributed by atoms with Gasteiger partial charge in [0.1, 0.15) is 12.1 Å². The fourth-order valence-electron chi connectivity index (χ4n) is 4.42. The maximum absolute atomic E-state index is 14.1. The molecule has 0 radical (unpaired) electrons. The van der Waals surface area contributed by atoms with Gasteiger partial charge in [-0.05, 0) is 54.1 Å². The topological polar surface area (TPSA) is 99.0 Å². The molecule has 0 aliphatic heterocycles. The maximum atomic E-state index is 14.1. The van der Waals surface area contributed by atoms with Crippen LogP contribution in [0.3, 0.4) is 0 Å². The van der Waals surface area contributed by atoms with Gasteiger partial charge in [-0.3, -0.25) is 19.8 Å². The molecule has 0 saturated heterocycles. The van der Waals surface area contributed by atoms with E-state index in [1.54, 1.807) is 39.3 Å². The first-order valence-corrected chi connectivity index (χ1v) is 14.2. The van der Waals surface area contributed by atoms with Crippen LogP contribution in [-0.4, -0.2) is 78.3 Å². The van der Waals surface area contributed by atoms with Crippen LogP contribution in [0.5, 0.6) is 0 Å². The van der Waals surface area contributed by atoms with E-state index in [1.807, 2.05) is 73.8 Å². The highest BCUT2D eigenvalue weighted by atomic mass is 32.1. The first kappa shape index (κ1) is 31.0. The van der Waals surface area contributed by atoms with Crippen LogP contribution in [0.4, 0.5) is 0 Å². The number of carbonyl (C=O) groups excluding carboxylic acids is 3. The number of benzene rings is 2. The summed E-state index contributed by atoms with van der Waals surface area (Å²) in [5, 5.41) is 5.66. The van der Waals surface area contributed by atoms with Crippen LogP contribution in [0.2, 0.25) is 0 Å². The van der Waals surface area contributed by atoms with E-state index in [0.717, 1.165) is 21.2 Å². The molecule has 0 saturated carbocycles. The summed E-state index contributed by atoms with van der Waals surface area (Å²) in [4.78, 5) is 44.6. The predicted octanol–water partition coefficient (Wildman–Crippen LogP) is 3.62. The molecule has 40 heavy (non-hydrogen) atoms. The number of nitrogens with zero attached hydrogens (tertiary/aromatic N) is 3. The third kappa shape index (κ3) is 8.74. The second-order valence-electron chi connectivity index (χ2n) is 11.1. The number of amides is 3. The van der Waals surface area contributed by atoms with Gasteiger partial charge in [-0.2, -0.15) is 0 Å². The monoisotopic (exact) mass is 563 g/mol. The van der Waals surface area contributed by atoms with Crippen LogP contribution in [-0.2, 0) is 27.2 Å². The number of fused-ring (bicyclic) bond motifs is 1. The molecule has 0 aliphatic carbocycles. The smallest absolute Gasteiger partial charge is 0.257 e. The van der Waals surface area contributed by atoms with Crippen LogP contribution in [0.15, 0.2) is 72.1 Å². The van der Waals surface area contributed by atoms with E-state index in [9.17, 15) is 14.4 Å². The SMILES string of the molecule is CN(C)NC(=O)[C@@H](Cc1cccs1)N(C)C(=O)[C@@H](Cc1ccc2ccccc2c1)N(C)C(=O)C=CCC(C)(C)N. The molecule has 0 spiro atoms. The summed E-state index contributed by atoms with van der Waals surface area (Å²) in [5.41, 5.74) is 9.33. The lowest BCUT2D eigenvalue weighted by Gasteiger charge is -2.34. The van der Waals surface area contributed by atoms with E-state index in [1.165, 1.54) is 27.2 Å². The minimum atomic E-state index is -0.827. The largest absolute Gasteiger partial charge is 0.332 e. The molecule has 2 atom stereocenters. The molecule has 0 bridgehead atoms. The molecule has 8 nitrogen and oxygen atoms in total. The second-order valence-corrected chi connectivity index (χ2v) is 12.1. The zero-order chi connectivity index (χ0) is 29.4. The van der Waals surface area contributed by atoms with Crippen molar-refractivity contribution in [2.75, 3.05) is 28.2 Å². The number of carbonyl (C=O) groups is 3. The number of rotatable bonds is 12. The Hall–Kier alpha value is -3.53. The van der Waals surface area contributed by atoms with Gasteiger partial charge in [-0.1, -0.05) is 54.6 Å². The standard InChI is InChI=1S/C31H41N5O3S/c1-31(2,32)17-9-14-28(37)35(5)27(20-22-15-16-23-11-7-8-12-24(23)19-22)30(39)36(6)26(29(38)33-34(3)4)21-25-13-10-18-40-25/h7-16,18-19,26-27H,17,20-21,32H2,1-6H3,(H,33,38)/t26-,27-/m1/s1. The van der Waals surface area contributed by atoms with Crippen LogP contribution in [0.1, 0.15) is 30.7 Å². The van der Waals surface area contributed by atoms with Gasteiger partial charge in [0.2, 0.25) is 11.8 Å². The van der Waals surface area contributed by atoms with Crippen molar-refractivity contribution in [1.29, 1.82) is 0 Å². The molecule has 214 valence electrons. The van der Waals surface area contributed by atoms with Gasteiger partial charge in [0.15, 0.2) is 0 Å². The number of hydrogen-bond acceptors (Lipinski definition) is 6. The molecule has 1 aromatic heterocycles. The summed E-state index contributed by atoms with van der Waals surface area (Å²) in [6.07, 6.45) is 4.39. The van der Waals surface area contributed by atoms with Crippen molar-refractivity contribution in [3.8, 4) is 0 Å². The molecule has 2 aromatic carbocycles. The van der Waals surface area contributed by atoms with Gasteiger partial charge in [-0.15, -0.1) is 11.3 Å². The lowest BCUT2D eigenvalue weighted by molar-refractivity contribution is -0.147. The van der Waals surface area contributed by atoms with Crippen LogP contribution < -0.4 is 11.2 Å². The Balaban J connectivity index is 1.94. The third-order valence-electron chi connectivity index (χ3n) is 6.67. The summed E-state index contributed by atoms with van der Waals surface area (Å²) in [5.74, 6) is -0.908. The van der Waals surface area contributed by atoms with Crippen molar-refractivity contribution >= 4 is 39.8 Å². The Morgan fingerprint density at radius 2 is 1.62 bits per heavy atom. The van der Waals surface area contributed by atoms with Crippen molar-refractivity contribution in [3.05, 3.63) is 82.6 Å². The summed E-state index contributed by atoms with van der Waals surface area (Å²) in [6.45, 7) is 3.78. The van der Waals surface area contributed by atoms with Crippen molar-refractivity contribution in [1.82, 2.24) is 20.2 Å². The van der Waals surface area contributed by atoms with E-state index in [4.69, 9.17) is 5.73 Å². The van der Waals surface area contributed by atoms with E-state index in [2.05, 4.69) is 5.43 Å². The quantitative estimate of drug-likeness (QED) is 0.259. The number of nitrogens with one attached hydrogen (secondary N) is 1. The van der Waals surface area contributed by atoms with E-state index < -0.39 is 17.6 Å². The van der Waals surface area contributed by atoms with Crippen LogP contribution >= 0.6 is 11.3 Å². The van der Waals surface area contributed by atoms with E-state index in [-0.39, 0.29) is 17.7 Å². The minimum Gasteiger partial charge on any atom is -0.332 e. The fourth-order valence-corrected chi connectivity index (χ4v) is 5.17. The Bertz CT molecular complexity index is 1330. The summed E-state index contributed by atoms with van der Waals surface area (Å²) >= 11 is 1.54. The first-order chi connectivity index (χ1) is 18.9. The van der Waals surface area contributed by atoms with Gasteiger partial charge in [-0.25, -0.2) is 5.01 Å². The lowest BCUT2D eigenvalue weighted by atomic mass is 9.99. The van der Waals surface area contributed by atoms with Crippen molar-refractivity contribution in [3.63, 3.8) is 0 Å². The Labute approximate surface area is 241 Å². The molecule has 9 heteroatoms. The lowest BCUT2D eigenvalue weighted by Crippen LogP contribution is -2.57. The molecule has 0 unspecified atom stereocenters. The second kappa shape index (κ2) is 13.7. The van der Waals surface area contributed by atoms with Gasteiger partial charge in [0.25, 0.3) is 5.91 Å². The summed E-state index contributed by atoms with van der Waals surface area (Å²) < 4.78 is 0. The molecule has 1 heterocycles. The molecule has 3 rings (SSSR count). The highest BCUT2D eigenvalue weighted by Gasteiger charge is 2.35. The Morgan fingerprint density at radius 3 is 2.25 bits per heavy atom. The number of hydrogen-bond donors (Lipinski definition) is 2. The normalized spacial score (nSPS) is 13.4. The first-order valence-electron chi connectivity index (χ1n) is 13.3. The van der Waals surface area contributed by atoms with Gasteiger partial charge in [0, 0.05) is 51.4 Å². The Kier molecular flexibility index (Phi) is 10.6. The maximum Gasteiger partial charge on any atom is 0.257 e. The molecule has 3 N–H and O–H groups in total. The number of likely N-dealkylation sites (N-methyl/N-ethyl adjacent to an activating group) is 2. The number of nitrogens with two attached hydrogens (primary N) is 1. The zero-order valence-electron chi connectivity index (χ0n) is 24.3. The predicted molar refractivity (Wildman–Crippen MR) is 163 cm³/mol. The molecular formula is C31H41N5O3S. The average Bonchev–Trinajstić information content (AvgIpc) is 3.41. The average molecular weight is 564 g/mol. The van der Waals surface area contributed by atoms with Gasteiger partial charge in [0.05, 0.1) is 0 Å². The molecule has 0 aliphatic rings. The Morgan fingerprint density at radius 1 is 0.925 bits per heavy atom. The van der Waals surface area contributed by atoms with Gasteiger partial charge >= 0.3 is 0 Å². The molecule has 3 amide bonds. The van der Waals surface area contributed by atoms with Gasteiger partial charge < -0.3 is 15.5 Å². The minimum absolute atomic E-state index is 0.294. The van der Waals surface area contributed by atoms with E-state index in [0.29, 0.717) is 19.3 Å². The number of thiophene rings is 1. The fraction of sp³-hybridized carbons (Fsp3) is 0.387. The molecular weight excluding hydrogens is 522 g/mol. The summed E-state index contributed by atoms with van der Waals surface area (Å²) in [6, 6.07) is 16.3. The number of hydrazine groups is 1.